The van der Waals surface area contributed by atoms with Gasteiger partial charge in [-0.15, -0.1) is 0 Å². The summed E-state index contributed by atoms with van der Waals surface area (Å²) in [6.07, 6.45) is 3.60. The molecule has 92 valence electrons. The number of carbonyl (C=O) groups is 1. The van der Waals surface area contributed by atoms with Crippen LogP contribution in [0.1, 0.15) is 63.5 Å². The molecule has 0 N–H and O–H groups in total. The normalized spacial score (nSPS) is 18.4. The van der Waals surface area contributed by atoms with Gasteiger partial charge in [0.1, 0.15) is 5.78 Å². The molecule has 0 heterocycles. The van der Waals surface area contributed by atoms with Crippen LogP contribution < -0.4 is 0 Å². The van der Waals surface area contributed by atoms with Crippen LogP contribution >= 0.6 is 0 Å². The lowest BCUT2D eigenvalue weighted by Crippen LogP contribution is -2.15. The quantitative estimate of drug-likeness (QED) is 0.706. The first-order chi connectivity index (χ1) is 7.97. The molecule has 1 aliphatic rings. The molecule has 1 fully saturated rings. The maximum absolute atomic E-state index is 11.3. The van der Waals surface area contributed by atoms with Gasteiger partial charge in [0.25, 0.3) is 0 Å². The molecule has 1 nitrogen and oxygen atoms in total. The van der Waals surface area contributed by atoms with E-state index in [-0.39, 0.29) is 5.41 Å². The summed E-state index contributed by atoms with van der Waals surface area (Å²) in [4.78, 5) is 11.3. The van der Waals surface area contributed by atoms with Crippen molar-refractivity contribution >= 4 is 5.78 Å². The molecule has 0 spiro atoms. The van der Waals surface area contributed by atoms with Crippen molar-refractivity contribution in [3.05, 3.63) is 35.4 Å². The molecule has 1 heteroatoms. The minimum Gasteiger partial charge on any atom is -0.300 e. The summed E-state index contributed by atoms with van der Waals surface area (Å²) in [5.74, 6) is 1.03. The van der Waals surface area contributed by atoms with Crippen LogP contribution in [-0.2, 0) is 10.2 Å². The lowest BCUT2D eigenvalue weighted by molar-refractivity contribution is -0.120. The molecule has 0 unspecified atom stereocenters. The predicted molar refractivity (Wildman–Crippen MR) is 71.4 cm³/mol. The van der Waals surface area contributed by atoms with E-state index in [1.165, 1.54) is 11.1 Å². The standard InChI is InChI=1S/C16H22O/c1-16(2,3)14-6-4-5-13(11-14)12-7-9-15(17)10-8-12/h4-6,11-12H,7-10H2,1-3H3. The maximum Gasteiger partial charge on any atom is 0.132 e. The molecule has 0 aliphatic heterocycles. The van der Waals surface area contributed by atoms with Crippen LogP contribution in [0.5, 0.6) is 0 Å². The molecule has 0 saturated heterocycles. The molecule has 0 aromatic heterocycles. The Bertz CT molecular complexity index is 402. The van der Waals surface area contributed by atoms with Gasteiger partial charge in [-0.25, -0.2) is 0 Å². The highest BCUT2D eigenvalue weighted by Crippen LogP contribution is 2.33. The van der Waals surface area contributed by atoms with Crippen molar-refractivity contribution in [2.24, 2.45) is 0 Å². The van der Waals surface area contributed by atoms with Crippen molar-refractivity contribution in [2.45, 2.75) is 57.8 Å². The smallest absolute Gasteiger partial charge is 0.132 e. The monoisotopic (exact) mass is 230 g/mol. The predicted octanol–water partition coefficient (Wildman–Crippen LogP) is 4.21. The molecule has 0 atom stereocenters. The molecule has 1 aliphatic carbocycles. The summed E-state index contributed by atoms with van der Waals surface area (Å²) in [6, 6.07) is 8.92. The van der Waals surface area contributed by atoms with Crippen LogP contribution in [0.2, 0.25) is 0 Å². The number of ketones is 1. The summed E-state index contributed by atoms with van der Waals surface area (Å²) < 4.78 is 0. The van der Waals surface area contributed by atoms with E-state index in [0.29, 0.717) is 11.7 Å². The van der Waals surface area contributed by atoms with Gasteiger partial charge in [-0.05, 0) is 35.3 Å². The topological polar surface area (TPSA) is 17.1 Å². The second kappa shape index (κ2) is 4.64. The van der Waals surface area contributed by atoms with Crippen molar-refractivity contribution in [1.29, 1.82) is 0 Å². The third-order valence-electron chi connectivity index (χ3n) is 3.77. The zero-order valence-electron chi connectivity index (χ0n) is 11.1. The average molecular weight is 230 g/mol. The fourth-order valence-electron chi connectivity index (χ4n) is 2.53. The first-order valence-electron chi connectivity index (χ1n) is 6.59. The molecular weight excluding hydrogens is 208 g/mol. The first-order valence-corrected chi connectivity index (χ1v) is 6.59. The van der Waals surface area contributed by atoms with Crippen LogP contribution in [0, 0.1) is 0 Å². The second-order valence-corrected chi connectivity index (χ2v) is 6.19. The van der Waals surface area contributed by atoms with Gasteiger partial charge in [0.15, 0.2) is 0 Å². The zero-order chi connectivity index (χ0) is 12.5. The van der Waals surface area contributed by atoms with E-state index >= 15 is 0 Å². The SMILES string of the molecule is CC(C)(C)c1cccc(C2CCC(=O)CC2)c1. The molecule has 2 rings (SSSR count). The summed E-state index contributed by atoms with van der Waals surface area (Å²) in [5, 5.41) is 0. The highest BCUT2D eigenvalue weighted by molar-refractivity contribution is 5.79. The molecule has 1 saturated carbocycles. The minimum atomic E-state index is 0.209. The summed E-state index contributed by atoms with van der Waals surface area (Å²) in [5.41, 5.74) is 3.03. The highest BCUT2D eigenvalue weighted by atomic mass is 16.1. The number of benzene rings is 1. The van der Waals surface area contributed by atoms with Crippen LogP contribution in [0.3, 0.4) is 0 Å². The average Bonchev–Trinajstić information content (AvgIpc) is 2.29. The van der Waals surface area contributed by atoms with E-state index in [2.05, 4.69) is 45.0 Å². The van der Waals surface area contributed by atoms with Gasteiger partial charge in [0.2, 0.25) is 0 Å². The third kappa shape index (κ3) is 2.96. The van der Waals surface area contributed by atoms with E-state index in [1.54, 1.807) is 0 Å². The van der Waals surface area contributed by atoms with Crippen molar-refractivity contribution < 1.29 is 4.79 Å². The molecule has 0 amide bonds. The fraction of sp³-hybridized carbons (Fsp3) is 0.562. The second-order valence-electron chi connectivity index (χ2n) is 6.19. The summed E-state index contributed by atoms with van der Waals surface area (Å²) >= 11 is 0. The van der Waals surface area contributed by atoms with Gasteiger partial charge in [-0.2, -0.15) is 0 Å². The Morgan fingerprint density at radius 1 is 1.12 bits per heavy atom. The number of Topliss-reactive ketones (excluding diaryl/α,β-unsaturated/α-hetero) is 1. The fourth-order valence-corrected chi connectivity index (χ4v) is 2.53. The Morgan fingerprint density at radius 3 is 2.35 bits per heavy atom. The van der Waals surface area contributed by atoms with E-state index in [1.807, 2.05) is 0 Å². The third-order valence-corrected chi connectivity index (χ3v) is 3.77. The number of hydrogen-bond acceptors (Lipinski definition) is 1. The van der Waals surface area contributed by atoms with Gasteiger partial charge in [-0.1, -0.05) is 45.0 Å². The van der Waals surface area contributed by atoms with Crippen LogP contribution in [0.25, 0.3) is 0 Å². The van der Waals surface area contributed by atoms with Crippen LogP contribution in [0.15, 0.2) is 24.3 Å². The Hall–Kier alpha value is -1.11. The van der Waals surface area contributed by atoms with E-state index in [9.17, 15) is 4.79 Å². The lowest BCUT2D eigenvalue weighted by atomic mass is 9.80. The van der Waals surface area contributed by atoms with E-state index in [0.717, 1.165) is 25.7 Å². The van der Waals surface area contributed by atoms with Crippen molar-refractivity contribution in [2.75, 3.05) is 0 Å². The van der Waals surface area contributed by atoms with Gasteiger partial charge in [0.05, 0.1) is 0 Å². The Morgan fingerprint density at radius 2 is 1.76 bits per heavy atom. The number of hydrogen-bond donors (Lipinski definition) is 0. The molecule has 0 radical (unpaired) electrons. The Balaban J connectivity index is 2.19. The van der Waals surface area contributed by atoms with Crippen LogP contribution in [0.4, 0.5) is 0 Å². The first kappa shape index (κ1) is 12.3. The van der Waals surface area contributed by atoms with E-state index in [4.69, 9.17) is 0 Å². The van der Waals surface area contributed by atoms with E-state index < -0.39 is 0 Å². The number of carbonyl (C=O) groups excluding carboxylic acids is 1. The minimum absolute atomic E-state index is 0.209. The van der Waals surface area contributed by atoms with Gasteiger partial charge in [-0.3, -0.25) is 4.79 Å². The van der Waals surface area contributed by atoms with Crippen LogP contribution in [-0.4, -0.2) is 5.78 Å². The molecule has 0 bridgehead atoms. The van der Waals surface area contributed by atoms with Gasteiger partial charge >= 0.3 is 0 Å². The van der Waals surface area contributed by atoms with Gasteiger partial charge in [0, 0.05) is 12.8 Å². The molecule has 1 aromatic carbocycles. The molecule has 1 aromatic rings. The molecular formula is C16H22O. The summed E-state index contributed by atoms with van der Waals surface area (Å²) in [7, 11) is 0. The largest absolute Gasteiger partial charge is 0.300 e. The summed E-state index contributed by atoms with van der Waals surface area (Å²) in [6.45, 7) is 6.74. The molecule has 17 heavy (non-hydrogen) atoms. The van der Waals surface area contributed by atoms with Crippen molar-refractivity contribution in [1.82, 2.24) is 0 Å². The highest BCUT2D eigenvalue weighted by Gasteiger charge is 2.21. The number of rotatable bonds is 1. The zero-order valence-corrected chi connectivity index (χ0v) is 11.1. The van der Waals surface area contributed by atoms with Crippen molar-refractivity contribution in [3.8, 4) is 0 Å². The maximum atomic E-state index is 11.3. The Labute approximate surface area is 104 Å². The van der Waals surface area contributed by atoms with Crippen molar-refractivity contribution in [3.63, 3.8) is 0 Å². The van der Waals surface area contributed by atoms with Gasteiger partial charge < -0.3 is 0 Å². The lowest BCUT2D eigenvalue weighted by Gasteiger charge is -2.24. The Kier molecular flexibility index (Phi) is 3.37.